The summed E-state index contributed by atoms with van der Waals surface area (Å²) in [6, 6.07) is 12.2. The highest BCUT2D eigenvalue weighted by Gasteiger charge is 2.18. The van der Waals surface area contributed by atoms with Crippen molar-refractivity contribution < 1.29 is 5.11 Å². The largest absolute Gasteiger partial charge is 0.508 e. The van der Waals surface area contributed by atoms with Crippen molar-refractivity contribution in [2.45, 2.75) is 25.7 Å². The molecule has 0 fully saturated rings. The molecule has 3 heteroatoms. The summed E-state index contributed by atoms with van der Waals surface area (Å²) >= 11 is 0. The third-order valence-corrected chi connectivity index (χ3v) is 4.71. The van der Waals surface area contributed by atoms with Crippen LogP contribution in [0.25, 0.3) is 0 Å². The third-order valence-electron chi connectivity index (χ3n) is 4.71. The van der Waals surface area contributed by atoms with Gasteiger partial charge in [-0.05, 0) is 72.7 Å². The average molecular weight is 292 g/mol. The average Bonchev–Trinajstić information content (AvgIpc) is 2.54. The molecule has 0 amide bonds. The summed E-state index contributed by atoms with van der Waals surface area (Å²) in [5.74, 6) is 0.328. The molecule has 2 heterocycles. The van der Waals surface area contributed by atoms with Gasteiger partial charge in [0.1, 0.15) is 5.75 Å². The first-order chi connectivity index (χ1) is 10.7. The third kappa shape index (κ3) is 2.27. The summed E-state index contributed by atoms with van der Waals surface area (Å²) in [6.45, 7) is 1.14. The van der Waals surface area contributed by atoms with Gasteiger partial charge in [-0.3, -0.25) is 4.99 Å². The monoisotopic (exact) mass is 292 g/mol. The molecule has 4 rings (SSSR count). The lowest BCUT2D eigenvalue weighted by Gasteiger charge is -2.28. The van der Waals surface area contributed by atoms with Gasteiger partial charge in [0, 0.05) is 25.0 Å². The molecular formula is C19H20N2O. The van der Waals surface area contributed by atoms with Crippen molar-refractivity contribution in [2.75, 3.05) is 18.5 Å². The molecule has 0 saturated heterocycles. The standard InChI is InChI=1S/C19H20N2O/c1-21-10-2-3-15-11-13(5-9-19(15)21)17-7-4-14-12-16(22)6-8-18(14)20-17/h5-6,8-9,11-12,22H,2-4,7,10H2,1H3. The molecule has 0 bridgehead atoms. The molecule has 2 aliphatic rings. The summed E-state index contributed by atoms with van der Waals surface area (Å²) in [4.78, 5) is 7.15. The smallest absolute Gasteiger partial charge is 0.116 e. The van der Waals surface area contributed by atoms with E-state index in [1.54, 1.807) is 6.07 Å². The molecule has 2 aromatic carbocycles. The Morgan fingerprint density at radius 1 is 1.00 bits per heavy atom. The Labute approximate surface area is 130 Å². The minimum atomic E-state index is 0.328. The molecule has 112 valence electrons. The van der Waals surface area contributed by atoms with E-state index in [9.17, 15) is 5.11 Å². The van der Waals surface area contributed by atoms with Crippen molar-refractivity contribution in [3.8, 4) is 5.75 Å². The van der Waals surface area contributed by atoms with E-state index in [1.165, 1.54) is 23.2 Å². The molecule has 0 atom stereocenters. The molecule has 2 aliphatic heterocycles. The van der Waals surface area contributed by atoms with Crippen molar-refractivity contribution in [2.24, 2.45) is 4.99 Å². The van der Waals surface area contributed by atoms with Crippen LogP contribution in [0.3, 0.4) is 0 Å². The molecule has 0 aromatic heterocycles. The molecule has 0 radical (unpaired) electrons. The van der Waals surface area contributed by atoms with Gasteiger partial charge in [-0.15, -0.1) is 0 Å². The highest BCUT2D eigenvalue weighted by molar-refractivity contribution is 6.03. The number of nitrogens with zero attached hydrogens (tertiary/aromatic N) is 2. The molecule has 0 unspecified atom stereocenters. The summed E-state index contributed by atoms with van der Waals surface area (Å²) in [5.41, 5.74) is 7.33. The van der Waals surface area contributed by atoms with E-state index >= 15 is 0 Å². The van der Waals surface area contributed by atoms with Crippen LogP contribution in [-0.2, 0) is 12.8 Å². The fourth-order valence-electron chi connectivity index (χ4n) is 3.51. The number of benzene rings is 2. The lowest BCUT2D eigenvalue weighted by atomic mass is 9.93. The van der Waals surface area contributed by atoms with Crippen molar-refractivity contribution in [1.82, 2.24) is 0 Å². The first-order valence-corrected chi connectivity index (χ1v) is 7.94. The van der Waals surface area contributed by atoms with Gasteiger partial charge in [0.25, 0.3) is 0 Å². The van der Waals surface area contributed by atoms with Crippen LogP contribution in [0.4, 0.5) is 11.4 Å². The van der Waals surface area contributed by atoms with Gasteiger partial charge in [0.2, 0.25) is 0 Å². The SMILES string of the molecule is CN1CCCc2cc(C3=Nc4ccc(O)cc4CC3)ccc21. The normalized spacial score (nSPS) is 16.8. The van der Waals surface area contributed by atoms with Gasteiger partial charge >= 0.3 is 0 Å². The van der Waals surface area contributed by atoms with Crippen molar-refractivity contribution in [3.05, 3.63) is 53.1 Å². The van der Waals surface area contributed by atoms with E-state index in [1.807, 2.05) is 12.1 Å². The van der Waals surface area contributed by atoms with Crippen molar-refractivity contribution in [1.29, 1.82) is 0 Å². The number of fused-ring (bicyclic) bond motifs is 2. The Bertz CT molecular complexity index is 764. The van der Waals surface area contributed by atoms with Crippen LogP contribution in [0, 0.1) is 0 Å². The number of phenols is 1. The molecular weight excluding hydrogens is 272 g/mol. The minimum absolute atomic E-state index is 0.328. The van der Waals surface area contributed by atoms with E-state index in [-0.39, 0.29) is 0 Å². The van der Waals surface area contributed by atoms with Gasteiger partial charge in [-0.25, -0.2) is 0 Å². The molecule has 0 saturated carbocycles. The van der Waals surface area contributed by atoms with E-state index in [4.69, 9.17) is 4.99 Å². The van der Waals surface area contributed by atoms with Crippen LogP contribution >= 0.6 is 0 Å². The Kier molecular flexibility index (Phi) is 3.14. The predicted octanol–water partition coefficient (Wildman–Crippen LogP) is 3.84. The number of rotatable bonds is 1. The Hall–Kier alpha value is -2.29. The summed E-state index contributed by atoms with van der Waals surface area (Å²) in [5, 5.41) is 9.58. The van der Waals surface area contributed by atoms with Crippen molar-refractivity contribution in [3.63, 3.8) is 0 Å². The molecule has 0 aliphatic carbocycles. The minimum Gasteiger partial charge on any atom is -0.508 e. The first kappa shape index (κ1) is 13.4. The Morgan fingerprint density at radius 2 is 1.91 bits per heavy atom. The van der Waals surface area contributed by atoms with Crippen LogP contribution in [-0.4, -0.2) is 24.4 Å². The zero-order chi connectivity index (χ0) is 15.1. The quantitative estimate of drug-likeness (QED) is 0.867. The number of aromatic hydroxyl groups is 1. The van der Waals surface area contributed by atoms with Crippen LogP contribution < -0.4 is 4.90 Å². The van der Waals surface area contributed by atoms with Gasteiger partial charge in [-0.2, -0.15) is 0 Å². The topological polar surface area (TPSA) is 35.8 Å². The van der Waals surface area contributed by atoms with Gasteiger partial charge in [0.15, 0.2) is 0 Å². The van der Waals surface area contributed by atoms with E-state index in [2.05, 4.69) is 30.1 Å². The maximum Gasteiger partial charge on any atom is 0.116 e. The number of hydrogen-bond acceptors (Lipinski definition) is 3. The predicted molar refractivity (Wildman–Crippen MR) is 90.7 cm³/mol. The van der Waals surface area contributed by atoms with Crippen LogP contribution in [0.5, 0.6) is 5.75 Å². The number of anilines is 1. The van der Waals surface area contributed by atoms with Crippen LogP contribution in [0.1, 0.15) is 29.5 Å². The Balaban J connectivity index is 1.72. The fraction of sp³-hybridized carbons (Fsp3) is 0.316. The zero-order valence-electron chi connectivity index (χ0n) is 12.8. The molecule has 1 N–H and O–H groups in total. The number of aliphatic imine (C=N–C) groups is 1. The second-order valence-corrected chi connectivity index (χ2v) is 6.24. The van der Waals surface area contributed by atoms with Crippen molar-refractivity contribution >= 4 is 17.1 Å². The Morgan fingerprint density at radius 3 is 2.82 bits per heavy atom. The highest BCUT2D eigenvalue weighted by atomic mass is 16.3. The maximum atomic E-state index is 9.58. The number of hydrogen-bond donors (Lipinski definition) is 1. The zero-order valence-corrected chi connectivity index (χ0v) is 12.8. The second kappa shape index (κ2) is 5.16. The lowest BCUT2D eigenvalue weighted by molar-refractivity contribution is 0.474. The maximum absolute atomic E-state index is 9.58. The van der Waals surface area contributed by atoms with Gasteiger partial charge in [-0.1, -0.05) is 6.07 Å². The number of phenolic OH excluding ortho intramolecular Hbond substituents is 1. The van der Waals surface area contributed by atoms with E-state index in [0.717, 1.165) is 42.8 Å². The second-order valence-electron chi connectivity index (χ2n) is 6.24. The van der Waals surface area contributed by atoms with Crippen LogP contribution in [0.2, 0.25) is 0 Å². The molecule has 0 spiro atoms. The molecule has 2 aromatic rings. The van der Waals surface area contributed by atoms with Crippen LogP contribution in [0.15, 0.2) is 41.4 Å². The lowest BCUT2D eigenvalue weighted by Crippen LogP contribution is -2.24. The first-order valence-electron chi connectivity index (χ1n) is 7.94. The van der Waals surface area contributed by atoms with E-state index in [0.29, 0.717) is 5.75 Å². The number of aryl methyl sites for hydroxylation is 2. The fourth-order valence-corrected chi connectivity index (χ4v) is 3.51. The van der Waals surface area contributed by atoms with E-state index < -0.39 is 0 Å². The summed E-state index contributed by atoms with van der Waals surface area (Å²) in [7, 11) is 2.17. The molecule has 22 heavy (non-hydrogen) atoms. The summed E-state index contributed by atoms with van der Waals surface area (Å²) in [6.07, 6.45) is 4.26. The van der Waals surface area contributed by atoms with Gasteiger partial charge in [0.05, 0.1) is 5.69 Å². The van der Waals surface area contributed by atoms with Gasteiger partial charge < -0.3 is 10.0 Å². The molecule has 3 nitrogen and oxygen atoms in total. The summed E-state index contributed by atoms with van der Waals surface area (Å²) < 4.78 is 0. The highest BCUT2D eigenvalue weighted by Crippen LogP contribution is 2.32.